The maximum atomic E-state index is 2.70. The molecule has 0 spiro atoms. The van der Waals surface area contributed by atoms with Crippen LogP contribution in [0.2, 0.25) is 0 Å². The highest BCUT2D eigenvalue weighted by molar-refractivity contribution is 4.97. The Labute approximate surface area is 201 Å². The summed E-state index contributed by atoms with van der Waals surface area (Å²) in [5.74, 6) is 3.14. The maximum absolute atomic E-state index is 2.70. The van der Waals surface area contributed by atoms with Gasteiger partial charge in [0.2, 0.25) is 0 Å². The molecule has 0 aromatic carbocycles. The van der Waals surface area contributed by atoms with E-state index in [0.717, 1.165) is 23.8 Å². The van der Waals surface area contributed by atoms with Gasteiger partial charge in [-0.1, -0.05) is 6.42 Å². The molecule has 2 unspecified atom stereocenters. The van der Waals surface area contributed by atoms with Crippen LogP contribution < -0.4 is 0 Å². The summed E-state index contributed by atoms with van der Waals surface area (Å²) in [7, 11) is 0. The van der Waals surface area contributed by atoms with E-state index < -0.39 is 0 Å². The van der Waals surface area contributed by atoms with Crippen molar-refractivity contribution < 1.29 is 0 Å². The summed E-state index contributed by atoms with van der Waals surface area (Å²) >= 11 is 0. The first kappa shape index (κ1) is 26.5. The Bertz CT molecular complexity index is 554. The van der Waals surface area contributed by atoms with Crippen LogP contribution in [0.5, 0.6) is 0 Å². The van der Waals surface area contributed by atoms with Gasteiger partial charge in [0, 0.05) is 35.7 Å². The van der Waals surface area contributed by atoms with Gasteiger partial charge in [-0.2, -0.15) is 0 Å². The third-order valence-electron chi connectivity index (χ3n) is 8.89. The lowest BCUT2D eigenvalue weighted by Gasteiger charge is -2.54. The maximum Gasteiger partial charge on any atom is 0.0127 e. The predicted molar refractivity (Wildman–Crippen MR) is 140 cm³/mol. The SMILES string of the molecule is CC(C)(C)N1CC2CCCC(C2)C1.CC(C)(C)N1CCC1.CC(C)(C)N1CCC2CC1C2. The Morgan fingerprint density at radius 1 is 0.500 bits per heavy atom. The number of fused-ring (bicyclic) bond motifs is 4. The van der Waals surface area contributed by atoms with Crippen LogP contribution in [0.4, 0.5) is 0 Å². The van der Waals surface area contributed by atoms with Crippen molar-refractivity contribution in [3.63, 3.8) is 0 Å². The molecule has 3 heteroatoms. The van der Waals surface area contributed by atoms with Crippen LogP contribution in [-0.4, -0.2) is 70.1 Å². The zero-order valence-corrected chi connectivity index (χ0v) is 23.3. The minimum absolute atomic E-state index is 0.397. The van der Waals surface area contributed by atoms with E-state index in [9.17, 15) is 0 Å². The number of hydrogen-bond donors (Lipinski definition) is 0. The fourth-order valence-corrected chi connectivity index (χ4v) is 6.54. The van der Waals surface area contributed by atoms with Gasteiger partial charge in [0.25, 0.3) is 0 Å². The first-order chi connectivity index (χ1) is 14.7. The average Bonchev–Trinajstić information content (AvgIpc) is 2.57. The molecule has 0 amide bonds. The Balaban J connectivity index is 0.000000140. The molecule has 4 aliphatic heterocycles. The van der Waals surface area contributed by atoms with E-state index in [0.29, 0.717) is 16.6 Å². The highest BCUT2D eigenvalue weighted by Gasteiger charge is 2.42. The molecular weight excluding hydrogens is 390 g/mol. The second kappa shape index (κ2) is 10.2. The van der Waals surface area contributed by atoms with Gasteiger partial charge >= 0.3 is 0 Å². The van der Waals surface area contributed by atoms with E-state index in [2.05, 4.69) is 77.0 Å². The van der Waals surface area contributed by atoms with E-state index >= 15 is 0 Å². The molecule has 4 heterocycles. The lowest BCUT2D eigenvalue weighted by molar-refractivity contribution is -0.0419. The fraction of sp³-hybridized carbons (Fsp3) is 1.00. The first-order valence-electron chi connectivity index (χ1n) is 14.0. The molecule has 32 heavy (non-hydrogen) atoms. The van der Waals surface area contributed by atoms with Crippen LogP contribution in [0.3, 0.4) is 0 Å². The van der Waals surface area contributed by atoms with Crippen molar-refractivity contribution in [1.82, 2.24) is 14.7 Å². The summed E-state index contributed by atoms with van der Waals surface area (Å²) in [6.45, 7) is 27.6. The first-order valence-corrected chi connectivity index (χ1v) is 14.0. The number of rotatable bonds is 0. The number of hydrogen-bond acceptors (Lipinski definition) is 3. The Hall–Kier alpha value is -0.120. The average molecular weight is 448 g/mol. The topological polar surface area (TPSA) is 9.72 Å². The van der Waals surface area contributed by atoms with Crippen LogP contribution in [0.15, 0.2) is 0 Å². The zero-order chi connectivity index (χ0) is 23.7. The number of nitrogens with zero attached hydrogens (tertiary/aromatic N) is 3. The van der Waals surface area contributed by atoms with Gasteiger partial charge < -0.3 is 0 Å². The van der Waals surface area contributed by atoms with E-state index in [-0.39, 0.29) is 0 Å². The lowest BCUT2D eigenvalue weighted by atomic mass is 9.72. The van der Waals surface area contributed by atoms with Crippen LogP contribution in [-0.2, 0) is 0 Å². The quantitative estimate of drug-likeness (QED) is 0.411. The molecule has 2 saturated carbocycles. The molecule has 2 aliphatic carbocycles. The molecule has 0 aromatic rings. The van der Waals surface area contributed by atoms with E-state index in [1.807, 2.05) is 0 Å². The smallest absolute Gasteiger partial charge is 0.0127 e. The van der Waals surface area contributed by atoms with E-state index in [1.54, 1.807) is 0 Å². The van der Waals surface area contributed by atoms with Crippen molar-refractivity contribution in [3.05, 3.63) is 0 Å². The van der Waals surface area contributed by atoms with Gasteiger partial charge in [-0.3, -0.25) is 14.7 Å². The summed E-state index contributed by atoms with van der Waals surface area (Å²) in [6, 6.07) is 0.939. The molecule has 6 rings (SSSR count). The lowest BCUT2D eigenvalue weighted by Crippen LogP contribution is -2.58. The van der Waals surface area contributed by atoms with Gasteiger partial charge in [-0.25, -0.2) is 0 Å². The van der Waals surface area contributed by atoms with E-state index in [1.165, 1.54) is 84.1 Å². The molecule has 6 fully saturated rings. The van der Waals surface area contributed by atoms with Crippen molar-refractivity contribution in [1.29, 1.82) is 0 Å². The minimum Gasteiger partial charge on any atom is -0.298 e. The number of likely N-dealkylation sites (tertiary alicyclic amines) is 2. The summed E-state index contributed by atoms with van der Waals surface area (Å²) in [5.41, 5.74) is 1.24. The number of piperidine rings is 3. The second-order valence-corrected chi connectivity index (χ2v) is 14.6. The molecule has 188 valence electrons. The van der Waals surface area contributed by atoms with Gasteiger partial charge in [0.05, 0.1) is 0 Å². The third kappa shape index (κ3) is 7.19. The minimum atomic E-state index is 0.397. The van der Waals surface area contributed by atoms with Gasteiger partial charge in [-0.15, -0.1) is 0 Å². The molecular formula is C29H57N3. The highest BCUT2D eigenvalue weighted by Crippen LogP contribution is 2.42. The van der Waals surface area contributed by atoms with Crippen LogP contribution >= 0.6 is 0 Å². The largest absolute Gasteiger partial charge is 0.298 e. The Kier molecular flexibility index (Phi) is 8.48. The molecule has 4 bridgehead atoms. The summed E-state index contributed by atoms with van der Waals surface area (Å²) in [6.07, 6.45) is 11.8. The summed E-state index contributed by atoms with van der Waals surface area (Å²) < 4.78 is 0. The van der Waals surface area contributed by atoms with Crippen molar-refractivity contribution in [3.8, 4) is 0 Å². The Morgan fingerprint density at radius 2 is 1.03 bits per heavy atom. The highest BCUT2D eigenvalue weighted by atomic mass is 15.2. The van der Waals surface area contributed by atoms with Gasteiger partial charge in [0.1, 0.15) is 0 Å². The second-order valence-electron chi connectivity index (χ2n) is 14.6. The zero-order valence-electron chi connectivity index (χ0n) is 23.3. The normalized spacial score (nSPS) is 33.7. The summed E-state index contributed by atoms with van der Waals surface area (Å²) in [5, 5.41) is 0. The molecule has 0 aromatic heterocycles. The Morgan fingerprint density at radius 3 is 1.31 bits per heavy atom. The molecule has 0 radical (unpaired) electrons. The van der Waals surface area contributed by atoms with E-state index in [4.69, 9.17) is 0 Å². The standard InChI is InChI=1S/C12H23N.C10H19N.C7H15N/c1-12(2,3)13-8-10-5-4-6-11(7-10)9-13;1-10(2,3)11-5-4-8-6-9(11)7-8;1-7(2,3)8-5-4-6-8/h10-11H,4-9H2,1-3H3;8-9H,4-7H2,1-3H3;4-6H2,1-3H3. The van der Waals surface area contributed by atoms with Gasteiger partial charge in [0.15, 0.2) is 0 Å². The molecule has 2 atom stereocenters. The van der Waals surface area contributed by atoms with Crippen molar-refractivity contribution in [2.24, 2.45) is 17.8 Å². The van der Waals surface area contributed by atoms with Crippen molar-refractivity contribution >= 4 is 0 Å². The van der Waals surface area contributed by atoms with Crippen molar-refractivity contribution in [2.75, 3.05) is 32.7 Å². The summed E-state index contributed by atoms with van der Waals surface area (Å²) in [4.78, 5) is 7.88. The predicted octanol–water partition coefficient (Wildman–Crippen LogP) is 6.67. The van der Waals surface area contributed by atoms with Crippen LogP contribution in [0, 0.1) is 17.8 Å². The molecule has 3 nitrogen and oxygen atoms in total. The van der Waals surface area contributed by atoms with Gasteiger partial charge in [-0.05, 0) is 145 Å². The fourth-order valence-electron chi connectivity index (χ4n) is 6.54. The van der Waals surface area contributed by atoms with Crippen LogP contribution in [0.1, 0.15) is 114 Å². The van der Waals surface area contributed by atoms with Crippen LogP contribution in [0.25, 0.3) is 0 Å². The molecule has 4 saturated heterocycles. The molecule has 0 N–H and O–H groups in total. The van der Waals surface area contributed by atoms with Crippen molar-refractivity contribution in [2.45, 2.75) is 136 Å². The monoisotopic (exact) mass is 447 g/mol. The third-order valence-corrected chi connectivity index (χ3v) is 8.89. The molecule has 6 aliphatic rings.